The fourth-order valence-electron chi connectivity index (χ4n) is 4.33. The van der Waals surface area contributed by atoms with Crippen LogP contribution in [0.5, 0.6) is 0 Å². The van der Waals surface area contributed by atoms with E-state index in [1.54, 1.807) is 70.2 Å². The molecule has 0 bridgehead atoms. The number of esters is 1. The SMILES string of the molecule is CCCNc1ccc(S(=O)(=O)c2ccc(CCN(C[C@H](O)c3cccc(Cl)c3)C(=O)OC(C)(C)C)cc2)cc1C(=O)OCC. The minimum Gasteiger partial charge on any atom is -0.462 e. The van der Waals surface area contributed by atoms with Crippen molar-refractivity contribution in [2.45, 2.75) is 69.0 Å². The van der Waals surface area contributed by atoms with Gasteiger partial charge in [0.15, 0.2) is 0 Å². The van der Waals surface area contributed by atoms with E-state index in [-0.39, 0.29) is 35.1 Å². The lowest BCUT2D eigenvalue weighted by atomic mass is 10.1. The number of amides is 1. The van der Waals surface area contributed by atoms with Gasteiger partial charge in [0, 0.05) is 23.8 Å². The zero-order chi connectivity index (χ0) is 32.5. The van der Waals surface area contributed by atoms with Crippen LogP contribution in [0, 0.1) is 0 Å². The fraction of sp³-hybridized carbons (Fsp3) is 0.394. The molecular formula is C33H41ClN2O7S. The number of benzene rings is 3. The summed E-state index contributed by atoms with van der Waals surface area (Å²) < 4.78 is 37.7. The van der Waals surface area contributed by atoms with E-state index >= 15 is 0 Å². The summed E-state index contributed by atoms with van der Waals surface area (Å²) in [4.78, 5) is 27.0. The number of anilines is 1. The van der Waals surface area contributed by atoms with Crippen molar-refractivity contribution in [3.63, 3.8) is 0 Å². The summed E-state index contributed by atoms with van der Waals surface area (Å²) in [6, 6.07) is 17.5. The Bertz CT molecular complexity index is 1540. The van der Waals surface area contributed by atoms with Crippen LogP contribution in [-0.2, 0) is 25.7 Å². The lowest BCUT2D eigenvalue weighted by Crippen LogP contribution is -2.40. The van der Waals surface area contributed by atoms with Crippen LogP contribution >= 0.6 is 11.6 Å². The summed E-state index contributed by atoms with van der Waals surface area (Å²) in [7, 11) is -3.94. The Morgan fingerprint density at radius 2 is 1.68 bits per heavy atom. The van der Waals surface area contributed by atoms with Gasteiger partial charge in [0.25, 0.3) is 0 Å². The van der Waals surface area contributed by atoms with Gasteiger partial charge >= 0.3 is 12.1 Å². The number of rotatable bonds is 13. The summed E-state index contributed by atoms with van der Waals surface area (Å²) >= 11 is 6.08. The number of aliphatic hydroxyl groups is 1. The Morgan fingerprint density at radius 1 is 1.00 bits per heavy atom. The number of hydrogen-bond donors (Lipinski definition) is 2. The molecule has 0 unspecified atom stereocenters. The summed E-state index contributed by atoms with van der Waals surface area (Å²) in [6.45, 7) is 9.94. The second kappa shape index (κ2) is 15.4. The predicted molar refractivity (Wildman–Crippen MR) is 171 cm³/mol. The molecule has 0 aromatic heterocycles. The third kappa shape index (κ3) is 9.70. The number of ether oxygens (including phenoxy) is 2. The first-order valence-electron chi connectivity index (χ1n) is 14.6. The van der Waals surface area contributed by atoms with Gasteiger partial charge in [0.2, 0.25) is 9.84 Å². The van der Waals surface area contributed by atoms with Gasteiger partial charge < -0.3 is 24.8 Å². The summed E-state index contributed by atoms with van der Waals surface area (Å²) in [5.74, 6) is -0.603. The monoisotopic (exact) mass is 644 g/mol. The molecule has 0 spiro atoms. The number of carbonyl (C=O) groups excluding carboxylic acids is 2. The minimum absolute atomic E-state index is 0.0202. The van der Waals surface area contributed by atoms with Gasteiger partial charge in [-0.05, 0) is 94.1 Å². The molecule has 1 amide bonds. The molecule has 44 heavy (non-hydrogen) atoms. The van der Waals surface area contributed by atoms with E-state index in [9.17, 15) is 23.1 Å². The van der Waals surface area contributed by atoms with E-state index in [1.165, 1.54) is 29.2 Å². The van der Waals surface area contributed by atoms with Gasteiger partial charge in [-0.25, -0.2) is 18.0 Å². The van der Waals surface area contributed by atoms with Gasteiger partial charge in [0.1, 0.15) is 5.60 Å². The van der Waals surface area contributed by atoms with Gasteiger partial charge in [-0.15, -0.1) is 0 Å². The van der Waals surface area contributed by atoms with Crippen LogP contribution in [0.3, 0.4) is 0 Å². The Morgan fingerprint density at radius 3 is 2.30 bits per heavy atom. The maximum Gasteiger partial charge on any atom is 0.410 e. The number of nitrogens with zero attached hydrogens (tertiary/aromatic N) is 1. The first kappa shape index (κ1) is 34.9. The second-order valence-corrected chi connectivity index (χ2v) is 13.6. The normalized spacial score (nSPS) is 12.3. The first-order valence-corrected chi connectivity index (χ1v) is 16.4. The number of halogens is 1. The standard InChI is InChI=1S/C33H41ClN2O7S/c1-6-18-35-29-16-15-27(21-28(29)31(38)42-7-2)44(40,41)26-13-11-23(12-14-26)17-19-36(32(39)43-33(3,4)5)22-30(37)24-9-8-10-25(34)20-24/h8-16,20-21,30,35,37H,6-7,17-19,22H2,1-5H3/t30-/m0/s1. The first-order chi connectivity index (χ1) is 20.7. The Kier molecular flexibility index (Phi) is 12.2. The molecule has 0 radical (unpaired) electrons. The van der Waals surface area contributed by atoms with Gasteiger partial charge in [-0.3, -0.25) is 0 Å². The molecule has 9 nitrogen and oxygen atoms in total. The summed E-state index contributed by atoms with van der Waals surface area (Å²) in [6.07, 6.45) is -0.358. The van der Waals surface area contributed by atoms with Crippen LogP contribution in [-0.4, -0.2) is 62.3 Å². The lowest BCUT2D eigenvalue weighted by molar-refractivity contribution is 0.0147. The number of carbonyl (C=O) groups is 2. The number of sulfone groups is 1. The zero-order valence-corrected chi connectivity index (χ0v) is 27.4. The van der Waals surface area contributed by atoms with Crippen molar-refractivity contribution in [3.05, 3.63) is 88.4 Å². The summed E-state index contributed by atoms with van der Waals surface area (Å²) in [5.41, 5.74) is 1.28. The highest BCUT2D eigenvalue weighted by Gasteiger charge is 2.25. The topological polar surface area (TPSA) is 122 Å². The predicted octanol–water partition coefficient (Wildman–Crippen LogP) is 6.68. The molecule has 238 valence electrons. The van der Waals surface area contributed by atoms with Gasteiger partial charge in [0.05, 0.1) is 34.6 Å². The van der Waals surface area contributed by atoms with Crippen molar-refractivity contribution in [1.29, 1.82) is 0 Å². The Labute approximate surface area is 265 Å². The molecule has 3 aromatic rings. The smallest absolute Gasteiger partial charge is 0.410 e. The molecule has 11 heteroatoms. The largest absolute Gasteiger partial charge is 0.462 e. The maximum absolute atomic E-state index is 13.5. The van der Waals surface area contributed by atoms with Crippen molar-refractivity contribution in [2.75, 3.05) is 31.6 Å². The third-order valence-electron chi connectivity index (χ3n) is 6.54. The quantitative estimate of drug-likeness (QED) is 0.198. The van der Waals surface area contributed by atoms with Crippen molar-refractivity contribution in [3.8, 4) is 0 Å². The Hall–Kier alpha value is -3.60. The van der Waals surface area contributed by atoms with Crippen LogP contribution in [0.25, 0.3) is 0 Å². The molecule has 0 aliphatic carbocycles. The molecule has 0 fully saturated rings. The number of hydrogen-bond acceptors (Lipinski definition) is 8. The molecule has 0 aliphatic rings. The van der Waals surface area contributed by atoms with Crippen molar-refractivity contribution < 1.29 is 32.6 Å². The molecule has 0 saturated carbocycles. The van der Waals surface area contributed by atoms with Crippen molar-refractivity contribution in [2.24, 2.45) is 0 Å². The average Bonchev–Trinajstić information content (AvgIpc) is 2.97. The molecular weight excluding hydrogens is 604 g/mol. The highest BCUT2D eigenvalue weighted by Crippen LogP contribution is 2.27. The van der Waals surface area contributed by atoms with E-state index in [0.717, 1.165) is 12.0 Å². The van der Waals surface area contributed by atoms with E-state index < -0.39 is 33.6 Å². The average molecular weight is 645 g/mol. The maximum atomic E-state index is 13.5. The zero-order valence-electron chi connectivity index (χ0n) is 25.8. The van der Waals surface area contributed by atoms with Crippen molar-refractivity contribution in [1.82, 2.24) is 4.90 Å². The fourth-order valence-corrected chi connectivity index (χ4v) is 5.81. The van der Waals surface area contributed by atoms with Crippen LogP contribution < -0.4 is 5.32 Å². The van der Waals surface area contributed by atoms with Crippen LogP contribution in [0.2, 0.25) is 5.02 Å². The molecule has 1 atom stereocenters. The van der Waals surface area contributed by atoms with Crippen LogP contribution in [0.15, 0.2) is 76.5 Å². The van der Waals surface area contributed by atoms with Crippen LogP contribution in [0.4, 0.5) is 10.5 Å². The van der Waals surface area contributed by atoms with E-state index in [2.05, 4.69) is 5.32 Å². The minimum atomic E-state index is -3.94. The number of nitrogens with one attached hydrogen (secondary N) is 1. The highest BCUT2D eigenvalue weighted by atomic mass is 35.5. The molecule has 2 N–H and O–H groups in total. The molecule has 3 rings (SSSR count). The van der Waals surface area contributed by atoms with E-state index in [0.29, 0.717) is 29.2 Å². The van der Waals surface area contributed by atoms with Gasteiger partial charge in [-0.1, -0.05) is 42.8 Å². The lowest BCUT2D eigenvalue weighted by Gasteiger charge is -2.29. The molecule has 0 saturated heterocycles. The van der Waals surface area contributed by atoms with Gasteiger partial charge in [-0.2, -0.15) is 0 Å². The van der Waals surface area contributed by atoms with Crippen LogP contribution in [0.1, 0.15) is 68.6 Å². The summed E-state index contributed by atoms with van der Waals surface area (Å²) in [5, 5.41) is 14.4. The van der Waals surface area contributed by atoms with Crippen molar-refractivity contribution >= 4 is 39.2 Å². The second-order valence-electron chi connectivity index (χ2n) is 11.2. The Balaban J connectivity index is 1.79. The molecule has 0 aliphatic heterocycles. The highest BCUT2D eigenvalue weighted by molar-refractivity contribution is 7.91. The molecule has 0 heterocycles. The number of aliphatic hydroxyl groups excluding tert-OH is 1. The van der Waals surface area contributed by atoms with E-state index in [4.69, 9.17) is 21.1 Å². The molecule has 3 aromatic carbocycles. The van der Waals surface area contributed by atoms with E-state index in [1.807, 2.05) is 6.92 Å². The third-order valence-corrected chi connectivity index (χ3v) is 8.55.